The average molecular weight is 255 g/mol. The Labute approximate surface area is 103 Å². The van der Waals surface area contributed by atoms with Crippen LogP contribution in [0.3, 0.4) is 0 Å². The van der Waals surface area contributed by atoms with Crippen LogP contribution in [-0.2, 0) is 0 Å². The molecule has 1 saturated heterocycles. The van der Waals surface area contributed by atoms with Gasteiger partial charge in [-0.25, -0.2) is 8.78 Å². The Balaban J connectivity index is 2.17. The number of alkyl halides is 2. The topological polar surface area (TPSA) is 46.4 Å². The molecule has 0 spiro atoms. The summed E-state index contributed by atoms with van der Waals surface area (Å²) >= 11 is 0. The highest BCUT2D eigenvalue weighted by molar-refractivity contribution is 5.59. The van der Waals surface area contributed by atoms with Gasteiger partial charge in [0.2, 0.25) is 0 Å². The molecule has 1 radical (unpaired) electrons. The number of non-ortho nitro benzene ring substituents is 1. The van der Waals surface area contributed by atoms with Gasteiger partial charge in [-0.2, -0.15) is 0 Å². The van der Waals surface area contributed by atoms with Gasteiger partial charge in [-0.15, -0.1) is 0 Å². The lowest BCUT2D eigenvalue weighted by Crippen LogP contribution is -2.39. The number of nitro benzene ring substituents is 1. The van der Waals surface area contributed by atoms with Crippen molar-refractivity contribution in [3.8, 4) is 0 Å². The summed E-state index contributed by atoms with van der Waals surface area (Å²) in [6, 6.07) is 4.31. The van der Waals surface area contributed by atoms with Crippen LogP contribution in [0, 0.1) is 17.0 Å². The van der Waals surface area contributed by atoms with Crippen LogP contribution in [0.15, 0.2) is 18.2 Å². The molecule has 0 aliphatic carbocycles. The van der Waals surface area contributed by atoms with E-state index in [1.807, 2.05) is 0 Å². The van der Waals surface area contributed by atoms with Gasteiger partial charge >= 0.3 is 0 Å². The number of nitro groups is 1. The van der Waals surface area contributed by atoms with E-state index in [9.17, 15) is 18.9 Å². The molecule has 18 heavy (non-hydrogen) atoms. The summed E-state index contributed by atoms with van der Waals surface area (Å²) in [6.07, 6.45) is -0.382. The second-order valence-electron chi connectivity index (χ2n) is 4.41. The fraction of sp³-hybridized carbons (Fsp3) is 0.417. The van der Waals surface area contributed by atoms with Gasteiger partial charge in [0.25, 0.3) is 11.6 Å². The molecule has 1 aliphatic heterocycles. The van der Waals surface area contributed by atoms with E-state index < -0.39 is 10.8 Å². The number of rotatable bonds is 2. The molecule has 0 aromatic heterocycles. The predicted octanol–water partition coefficient (Wildman–Crippen LogP) is 3.01. The van der Waals surface area contributed by atoms with E-state index in [0.717, 1.165) is 0 Å². The van der Waals surface area contributed by atoms with E-state index in [-0.39, 0.29) is 31.6 Å². The van der Waals surface area contributed by atoms with Crippen molar-refractivity contribution in [2.75, 3.05) is 18.0 Å². The summed E-state index contributed by atoms with van der Waals surface area (Å²) in [6.45, 7) is 4.23. The van der Waals surface area contributed by atoms with E-state index in [2.05, 4.69) is 6.92 Å². The van der Waals surface area contributed by atoms with Gasteiger partial charge in [-0.3, -0.25) is 10.1 Å². The van der Waals surface area contributed by atoms with E-state index in [0.29, 0.717) is 11.3 Å². The van der Waals surface area contributed by atoms with Crippen molar-refractivity contribution in [1.29, 1.82) is 0 Å². The molecule has 0 amide bonds. The van der Waals surface area contributed by atoms with Crippen LogP contribution in [0.1, 0.15) is 18.4 Å². The first-order valence-electron chi connectivity index (χ1n) is 5.62. The standard InChI is InChI=1S/C12H13F2N2O2/c1-9-8-10(16(17)18)2-3-11(9)15-6-4-12(13,14)5-7-15/h2-3,8H,1,4-7H2. The first-order valence-corrected chi connectivity index (χ1v) is 5.62. The molecule has 0 N–H and O–H groups in total. The Morgan fingerprint density at radius 1 is 1.33 bits per heavy atom. The molecule has 1 aromatic rings. The number of benzene rings is 1. The highest BCUT2D eigenvalue weighted by Crippen LogP contribution is 2.32. The first kappa shape index (κ1) is 12.7. The second-order valence-corrected chi connectivity index (χ2v) is 4.41. The van der Waals surface area contributed by atoms with Gasteiger partial charge in [0.1, 0.15) is 0 Å². The van der Waals surface area contributed by atoms with Crippen LogP contribution in [0.2, 0.25) is 0 Å². The van der Waals surface area contributed by atoms with Crippen LogP contribution in [0.4, 0.5) is 20.2 Å². The maximum Gasteiger partial charge on any atom is 0.269 e. The van der Waals surface area contributed by atoms with Gasteiger partial charge < -0.3 is 4.90 Å². The Hall–Kier alpha value is -1.72. The zero-order chi connectivity index (χ0) is 13.3. The number of halogens is 2. The molecule has 0 atom stereocenters. The monoisotopic (exact) mass is 255 g/mol. The Bertz CT molecular complexity index is 467. The lowest BCUT2D eigenvalue weighted by atomic mass is 10.0. The highest BCUT2D eigenvalue weighted by Gasteiger charge is 2.34. The van der Waals surface area contributed by atoms with Crippen molar-refractivity contribution in [2.45, 2.75) is 18.8 Å². The maximum absolute atomic E-state index is 13.0. The van der Waals surface area contributed by atoms with E-state index in [1.165, 1.54) is 12.1 Å². The fourth-order valence-corrected chi connectivity index (χ4v) is 2.07. The summed E-state index contributed by atoms with van der Waals surface area (Å²) in [7, 11) is 0. The SMILES string of the molecule is [CH2]c1cc([N+](=O)[O-])ccc1N1CCC(F)(F)CC1. The Morgan fingerprint density at radius 3 is 2.44 bits per heavy atom. The number of hydrogen-bond donors (Lipinski definition) is 0. The zero-order valence-corrected chi connectivity index (χ0v) is 9.73. The van der Waals surface area contributed by atoms with Gasteiger partial charge in [-0.05, 0) is 18.6 Å². The summed E-state index contributed by atoms with van der Waals surface area (Å²) in [4.78, 5) is 11.9. The van der Waals surface area contributed by atoms with Crippen molar-refractivity contribution in [3.05, 3.63) is 40.8 Å². The van der Waals surface area contributed by atoms with Gasteiger partial charge in [0, 0.05) is 43.8 Å². The zero-order valence-electron chi connectivity index (χ0n) is 9.73. The van der Waals surface area contributed by atoms with E-state index in [1.54, 1.807) is 11.0 Å². The van der Waals surface area contributed by atoms with Crippen molar-refractivity contribution in [3.63, 3.8) is 0 Å². The third kappa shape index (κ3) is 2.57. The van der Waals surface area contributed by atoms with Gasteiger partial charge in [0.15, 0.2) is 0 Å². The largest absolute Gasteiger partial charge is 0.371 e. The molecule has 97 valence electrons. The van der Waals surface area contributed by atoms with Crippen LogP contribution < -0.4 is 4.90 Å². The molecule has 1 heterocycles. The van der Waals surface area contributed by atoms with Crippen molar-refractivity contribution >= 4 is 11.4 Å². The van der Waals surface area contributed by atoms with Crippen LogP contribution in [0.5, 0.6) is 0 Å². The summed E-state index contributed by atoms with van der Waals surface area (Å²) in [5.74, 6) is -2.60. The number of anilines is 1. The third-order valence-electron chi connectivity index (χ3n) is 3.11. The molecular weight excluding hydrogens is 242 g/mol. The quantitative estimate of drug-likeness (QED) is 0.602. The predicted molar refractivity (Wildman–Crippen MR) is 63.9 cm³/mol. The molecule has 2 rings (SSSR count). The third-order valence-corrected chi connectivity index (χ3v) is 3.11. The normalized spacial score (nSPS) is 18.7. The Kier molecular flexibility index (Phi) is 3.19. The minimum Gasteiger partial charge on any atom is -0.371 e. The minimum absolute atomic E-state index is 0.0360. The number of nitrogens with zero attached hydrogens (tertiary/aromatic N) is 2. The molecule has 4 nitrogen and oxygen atoms in total. The molecule has 0 saturated carbocycles. The fourth-order valence-electron chi connectivity index (χ4n) is 2.07. The van der Waals surface area contributed by atoms with Crippen molar-refractivity contribution in [2.24, 2.45) is 0 Å². The van der Waals surface area contributed by atoms with Crippen LogP contribution in [-0.4, -0.2) is 23.9 Å². The second kappa shape index (κ2) is 4.51. The summed E-state index contributed by atoms with van der Waals surface area (Å²) < 4.78 is 26.1. The molecule has 1 aromatic carbocycles. The van der Waals surface area contributed by atoms with Crippen LogP contribution >= 0.6 is 0 Å². The van der Waals surface area contributed by atoms with E-state index in [4.69, 9.17) is 0 Å². The van der Waals surface area contributed by atoms with Gasteiger partial charge in [0.05, 0.1) is 4.92 Å². The van der Waals surface area contributed by atoms with Crippen molar-refractivity contribution < 1.29 is 13.7 Å². The minimum atomic E-state index is -2.60. The smallest absolute Gasteiger partial charge is 0.269 e. The number of hydrogen-bond acceptors (Lipinski definition) is 3. The molecular formula is C12H13F2N2O2. The Morgan fingerprint density at radius 2 is 1.94 bits per heavy atom. The first-order chi connectivity index (χ1) is 8.39. The van der Waals surface area contributed by atoms with E-state index >= 15 is 0 Å². The average Bonchev–Trinajstić information content (AvgIpc) is 2.29. The van der Waals surface area contributed by atoms with Crippen LogP contribution in [0.25, 0.3) is 0 Å². The maximum atomic E-state index is 13.0. The summed E-state index contributed by atoms with van der Waals surface area (Å²) in [5, 5.41) is 10.6. The molecule has 0 bridgehead atoms. The highest BCUT2D eigenvalue weighted by atomic mass is 19.3. The molecule has 1 aliphatic rings. The lowest BCUT2D eigenvalue weighted by molar-refractivity contribution is -0.384. The molecule has 1 fully saturated rings. The number of piperidine rings is 1. The molecule has 6 heteroatoms. The summed E-state index contributed by atoms with van der Waals surface area (Å²) in [5.41, 5.74) is 1.15. The molecule has 0 unspecified atom stereocenters. The van der Waals surface area contributed by atoms with Crippen molar-refractivity contribution in [1.82, 2.24) is 0 Å². The van der Waals surface area contributed by atoms with Gasteiger partial charge in [-0.1, -0.05) is 0 Å². The lowest BCUT2D eigenvalue weighted by Gasteiger charge is -2.34.